The number of carboxylic acid groups (broad SMARTS) is 1. The van der Waals surface area contributed by atoms with E-state index in [1.165, 1.54) is 0 Å². The Morgan fingerprint density at radius 1 is 1.32 bits per heavy atom. The molecule has 3 atom stereocenters. The van der Waals surface area contributed by atoms with E-state index in [1.54, 1.807) is 30.3 Å². The highest BCUT2D eigenvalue weighted by molar-refractivity contribution is 5.94. The first-order valence-electron chi connectivity index (χ1n) is 8.11. The van der Waals surface area contributed by atoms with Gasteiger partial charge in [-0.3, -0.25) is 19.7 Å². The molecule has 3 rings (SSSR count). The second-order valence-corrected chi connectivity index (χ2v) is 6.27. The Hall–Kier alpha value is -2.49. The molecule has 0 spiro atoms. The van der Waals surface area contributed by atoms with E-state index in [-0.39, 0.29) is 38.5 Å². The van der Waals surface area contributed by atoms with Crippen molar-refractivity contribution >= 4 is 17.8 Å². The van der Waals surface area contributed by atoms with Gasteiger partial charge >= 0.3 is 5.97 Å². The third kappa shape index (κ3) is 3.34. The maximum absolute atomic E-state index is 13.5. The van der Waals surface area contributed by atoms with Crippen LogP contribution < -0.4 is 10.6 Å². The molecule has 0 bridgehead atoms. The first kappa shape index (κ1) is 17.3. The van der Waals surface area contributed by atoms with Gasteiger partial charge in [-0.1, -0.05) is 18.2 Å². The molecule has 2 aliphatic heterocycles. The molecule has 2 unspecified atom stereocenters. The predicted octanol–water partition coefficient (Wildman–Crippen LogP) is -0.144. The topological polar surface area (TPSA) is 122 Å². The van der Waals surface area contributed by atoms with Gasteiger partial charge in [0.05, 0.1) is 0 Å². The average Bonchev–Trinajstić information content (AvgIpc) is 2.78. The number of nitrogens with one attached hydrogen (secondary N) is 2. The van der Waals surface area contributed by atoms with Crippen molar-refractivity contribution < 1.29 is 24.2 Å². The highest BCUT2D eigenvalue weighted by Crippen LogP contribution is 2.29. The third-order valence-corrected chi connectivity index (χ3v) is 4.63. The zero-order chi connectivity index (χ0) is 18.0. The number of quaternary nitrogens is 1. The van der Waals surface area contributed by atoms with Gasteiger partial charge in [-0.15, -0.1) is 0 Å². The normalized spacial score (nSPS) is 29.5. The van der Waals surface area contributed by atoms with Crippen LogP contribution in [-0.4, -0.2) is 58.6 Å². The van der Waals surface area contributed by atoms with Crippen molar-refractivity contribution in [3.8, 4) is 0 Å². The zero-order valence-electron chi connectivity index (χ0n) is 13.6. The number of aliphatic carboxylic acids is 1. The van der Waals surface area contributed by atoms with E-state index in [1.807, 2.05) is 0 Å². The summed E-state index contributed by atoms with van der Waals surface area (Å²) in [5.74, 6) is -2.81. The largest absolute Gasteiger partial charge is 0.604 e. The number of carbonyl (C=O) groups excluding carboxylic acids is 2. The van der Waals surface area contributed by atoms with Crippen molar-refractivity contribution in [1.82, 2.24) is 15.6 Å². The number of amides is 2. The van der Waals surface area contributed by atoms with Crippen LogP contribution in [-0.2, 0) is 9.59 Å². The summed E-state index contributed by atoms with van der Waals surface area (Å²) in [6, 6.07) is 8.45. The molecule has 3 N–H and O–H groups in total. The number of fused-ring (bicyclic) bond motifs is 1. The minimum Gasteiger partial charge on any atom is -0.604 e. The summed E-state index contributed by atoms with van der Waals surface area (Å²) in [4.78, 5) is 36.0. The fourth-order valence-corrected chi connectivity index (χ4v) is 3.27. The van der Waals surface area contributed by atoms with E-state index < -0.39 is 28.7 Å². The molecule has 9 nitrogen and oxygen atoms in total. The SMILES string of the molecule is O=C(NC1CCC(=O)N2CNC[C@H](C(=O)O)C[N+]12[O-])c1ccccc1. The molecule has 0 saturated carbocycles. The second kappa shape index (κ2) is 6.79. The van der Waals surface area contributed by atoms with Gasteiger partial charge < -0.3 is 15.6 Å². The van der Waals surface area contributed by atoms with Crippen molar-refractivity contribution in [3.63, 3.8) is 0 Å². The Morgan fingerprint density at radius 2 is 2.04 bits per heavy atom. The Bertz CT molecular complexity index is 682. The number of carboxylic acids is 1. The third-order valence-electron chi connectivity index (χ3n) is 4.63. The van der Waals surface area contributed by atoms with Crippen LogP contribution >= 0.6 is 0 Å². The number of carbonyl (C=O) groups is 3. The van der Waals surface area contributed by atoms with Crippen molar-refractivity contribution in [2.75, 3.05) is 19.8 Å². The number of nitrogens with zero attached hydrogens (tertiary/aromatic N) is 2. The van der Waals surface area contributed by atoms with E-state index in [0.717, 1.165) is 5.01 Å². The van der Waals surface area contributed by atoms with Gasteiger partial charge in [0.15, 0.2) is 6.17 Å². The maximum Gasteiger partial charge on any atom is 0.313 e. The average molecular weight is 348 g/mol. The molecule has 25 heavy (non-hydrogen) atoms. The molecule has 2 fully saturated rings. The zero-order valence-corrected chi connectivity index (χ0v) is 13.6. The number of hydrogen-bond donors (Lipinski definition) is 3. The lowest BCUT2D eigenvalue weighted by Gasteiger charge is -2.55. The quantitative estimate of drug-likeness (QED) is 0.516. The minimum absolute atomic E-state index is 0.0379. The Balaban J connectivity index is 1.86. The fourth-order valence-electron chi connectivity index (χ4n) is 3.27. The molecule has 2 heterocycles. The van der Waals surface area contributed by atoms with E-state index >= 15 is 0 Å². The molecular weight excluding hydrogens is 328 g/mol. The molecule has 2 saturated heterocycles. The summed E-state index contributed by atoms with van der Waals surface area (Å²) >= 11 is 0. The lowest BCUT2D eigenvalue weighted by Crippen LogP contribution is -2.71. The summed E-state index contributed by atoms with van der Waals surface area (Å²) in [6.45, 7) is -0.252. The van der Waals surface area contributed by atoms with Crippen LogP contribution in [0.3, 0.4) is 0 Å². The van der Waals surface area contributed by atoms with Crippen molar-refractivity contribution in [3.05, 3.63) is 41.1 Å². The van der Waals surface area contributed by atoms with E-state index in [4.69, 9.17) is 0 Å². The summed E-state index contributed by atoms with van der Waals surface area (Å²) in [6.07, 6.45) is -0.613. The standard InChI is InChI=1S/C16H20N4O5/c21-14-7-6-13(18-15(22)11-4-2-1-3-5-11)20(25)9-12(16(23)24)8-17-10-19(14)20/h1-5,12-13,17H,6-10H2,(H,18,22)(H,23,24)/t12-,13?,20?/m0/s1. The van der Waals surface area contributed by atoms with Crippen LogP contribution in [0.5, 0.6) is 0 Å². The molecule has 0 aliphatic carbocycles. The van der Waals surface area contributed by atoms with Gasteiger partial charge in [0.2, 0.25) is 0 Å². The van der Waals surface area contributed by atoms with Gasteiger partial charge in [-0.05, 0) is 12.1 Å². The molecule has 9 heteroatoms. The first-order chi connectivity index (χ1) is 11.9. The lowest BCUT2D eigenvalue weighted by atomic mass is 10.1. The Labute approximate surface area is 144 Å². The van der Waals surface area contributed by atoms with Crippen LogP contribution in [0.4, 0.5) is 0 Å². The van der Waals surface area contributed by atoms with Crippen LogP contribution in [0.15, 0.2) is 30.3 Å². The van der Waals surface area contributed by atoms with Crippen molar-refractivity contribution in [2.24, 2.45) is 5.92 Å². The van der Waals surface area contributed by atoms with Gasteiger partial charge in [0, 0.05) is 24.9 Å². The van der Waals surface area contributed by atoms with Gasteiger partial charge in [-0.25, -0.2) is 4.76 Å². The first-order valence-corrected chi connectivity index (χ1v) is 8.11. The smallest absolute Gasteiger partial charge is 0.313 e. The monoisotopic (exact) mass is 348 g/mol. The lowest BCUT2D eigenvalue weighted by molar-refractivity contribution is -1.01. The fraction of sp³-hybridized carbons (Fsp3) is 0.438. The number of hydrogen-bond acceptors (Lipinski definition) is 5. The van der Waals surface area contributed by atoms with Crippen molar-refractivity contribution in [1.29, 1.82) is 0 Å². The van der Waals surface area contributed by atoms with Crippen LogP contribution in [0.1, 0.15) is 23.2 Å². The summed E-state index contributed by atoms with van der Waals surface area (Å²) in [7, 11) is 0. The molecule has 134 valence electrons. The molecule has 1 aromatic rings. The summed E-state index contributed by atoms with van der Waals surface area (Å²) in [5, 5.41) is 29.4. The van der Waals surface area contributed by atoms with E-state index in [9.17, 15) is 24.7 Å². The van der Waals surface area contributed by atoms with E-state index in [2.05, 4.69) is 10.6 Å². The van der Waals surface area contributed by atoms with Gasteiger partial charge in [0.1, 0.15) is 19.1 Å². The van der Waals surface area contributed by atoms with Crippen LogP contribution in [0, 0.1) is 11.1 Å². The second-order valence-electron chi connectivity index (χ2n) is 6.27. The minimum atomic E-state index is -1.18. The molecule has 2 aliphatic rings. The summed E-state index contributed by atoms with van der Waals surface area (Å²) < 4.78 is -1.18. The van der Waals surface area contributed by atoms with Crippen LogP contribution in [0.2, 0.25) is 0 Å². The number of rotatable bonds is 3. The Morgan fingerprint density at radius 3 is 2.72 bits per heavy atom. The highest BCUT2D eigenvalue weighted by atomic mass is 16.6. The summed E-state index contributed by atoms with van der Waals surface area (Å²) in [5.41, 5.74) is 0.403. The number of hydroxylamine groups is 2. The highest BCUT2D eigenvalue weighted by Gasteiger charge is 2.48. The maximum atomic E-state index is 13.5. The van der Waals surface area contributed by atoms with E-state index in [0.29, 0.717) is 5.56 Å². The molecule has 0 radical (unpaired) electrons. The van der Waals surface area contributed by atoms with Gasteiger partial charge in [-0.2, -0.15) is 5.01 Å². The van der Waals surface area contributed by atoms with Crippen molar-refractivity contribution in [2.45, 2.75) is 19.0 Å². The predicted molar refractivity (Wildman–Crippen MR) is 86.3 cm³/mol. The van der Waals surface area contributed by atoms with Crippen LogP contribution in [0.25, 0.3) is 0 Å². The Kier molecular flexibility index (Phi) is 4.71. The molecule has 1 aromatic carbocycles. The molecular formula is C16H20N4O5. The molecule has 2 amide bonds. The van der Waals surface area contributed by atoms with Gasteiger partial charge in [0.25, 0.3) is 11.8 Å². The molecule has 0 aromatic heterocycles. The number of benzene rings is 1.